The van der Waals surface area contributed by atoms with Crippen molar-refractivity contribution in [3.8, 4) is 6.07 Å². The molecule has 138 valence electrons. The Morgan fingerprint density at radius 1 is 1.22 bits per heavy atom. The van der Waals surface area contributed by atoms with E-state index in [-0.39, 0.29) is 11.5 Å². The normalized spacial score (nSPS) is 17.2. The Morgan fingerprint density at radius 3 is 2.74 bits per heavy atom. The van der Waals surface area contributed by atoms with E-state index >= 15 is 0 Å². The molecule has 3 heterocycles. The number of para-hydroxylation sites is 2. The molecule has 0 spiro atoms. The van der Waals surface area contributed by atoms with E-state index in [0.29, 0.717) is 18.9 Å². The van der Waals surface area contributed by atoms with Crippen LogP contribution in [0.5, 0.6) is 0 Å². The maximum atomic E-state index is 12.4. The van der Waals surface area contributed by atoms with Crippen molar-refractivity contribution in [2.75, 3.05) is 18.0 Å². The van der Waals surface area contributed by atoms with Crippen LogP contribution in [-0.2, 0) is 14.1 Å². The maximum Gasteiger partial charge on any atom is 0.332 e. The van der Waals surface area contributed by atoms with Gasteiger partial charge in [-0.25, -0.2) is 9.78 Å². The van der Waals surface area contributed by atoms with E-state index in [1.807, 2.05) is 35.2 Å². The second kappa shape index (κ2) is 6.43. The first kappa shape index (κ1) is 17.1. The molecule has 0 bridgehead atoms. The zero-order valence-corrected chi connectivity index (χ0v) is 15.3. The molecule has 8 nitrogen and oxygen atoms in total. The van der Waals surface area contributed by atoms with Gasteiger partial charge in [-0.15, -0.1) is 0 Å². The topological polar surface area (TPSA) is 99.7 Å². The van der Waals surface area contributed by atoms with Crippen LogP contribution < -0.4 is 16.1 Å². The van der Waals surface area contributed by atoms with E-state index in [0.717, 1.165) is 34.3 Å². The van der Waals surface area contributed by atoms with Crippen LogP contribution in [-0.4, -0.2) is 32.2 Å². The van der Waals surface area contributed by atoms with E-state index in [2.05, 4.69) is 4.98 Å². The number of nitrogens with one attached hydrogen (secondary N) is 1. The second-order valence-corrected chi connectivity index (χ2v) is 6.94. The Morgan fingerprint density at radius 2 is 2.00 bits per heavy atom. The van der Waals surface area contributed by atoms with Crippen molar-refractivity contribution in [3.05, 3.63) is 56.5 Å². The first-order valence-corrected chi connectivity index (χ1v) is 8.91. The van der Waals surface area contributed by atoms with Gasteiger partial charge in [-0.1, -0.05) is 12.1 Å². The Bertz CT molecular complexity index is 1150. The van der Waals surface area contributed by atoms with Gasteiger partial charge in [-0.3, -0.25) is 13.9 Å². The molecule has 3 aromatic rings. The van der Waals surface area contributed by atoms with Crippen LogP contribution in [0.15, 0.2) is 33.9 Å². The third kappa shape index (κ3) is 2.72. The lowest BCUT2D eigenvalue weighted by atomic mass is 9.97. The van der Waals surface area contributed by atoms with Crippen molar-refractivity contribution in [2.45, 2.75) is 18.8 Å². The quantitative estimate of drug-likeness (QED) is 0.737. The van der Waals surface area contributed by atoms with Crippen LogP contribution in [0.1, 0.15) is 30.1 Å². The van der Waals surface area contributed by atoms with Gasteiger partial charge in [0.2, 0.25) is 0 Å². The summed E-state index contributed by atoms with van der Waals surface area (Å²) < 4.78 is 2.36. The van der Waals surface area contributed by atoms with E-state index in [1.165, 1.54) is 11.6 Å². The average molecular weight is 364 g/mol. The Hall–Kier alpha value is -3.34. The summed E-state index contributed by atoms with van der Waals surface area (Å²) in [7, 11) is 2.99. The number of nitrogens with zero attached hydrogens (tertiary/aromatic N) is 5. The number of fused-ring (bicyclic) bond motifs is 1. The number of piperidine rings is 1. The average Bonchev–Trinajstić information content (AvgIpc) is 3.13. The molecule has 0 unspecified atom stereocenters. The predicted molar refractivity (Wildman–Crippen MR) is 102 cm³/mol. The minimum absolute atomic E-state index is 0.00450. The maximum absolute atomic E-state index is 12.4. The number of aromatic nitrogens is 4. The van der Waals surface area contributed by atoms with Crippen LogP contribution in [0.4, 0.5) is 5.82 Å². The van der Waals surface area contributed by atoms with Crippen molar-refractivity contribution in [1.82, 2.24) is 19.1 Å². The summed E-state index contributed by atoms with van der Waals surface area (Å²) in [6.07, 6.45) is 1.84. The molecule has 8 heteroatoms. The summed E-state index contributed by atoms with van der Waals surface area (Å²) in [5.41, 5.74) is 0.929. The molecule has 1 atom stereocenters. The number of aromatic amines is 1. The van der Waals surface area contributed by atoms with Crippen LogP contribution in [0.2, 0.25) is 0 Å². The minimum atomic E-state index is -0.554. The van der Waals surface area contributed by atoms with E-state index in [4.69, 9.17) is 4.98 Å². The van der Waals surface area contributed by atoms with Gasteiger partial charge in [-0.2, -0.15) is 5.26 Å². The number of rotatable bonds is 2. The smallest absolute Gasteiger partial charge is 0.332 e. The fraction of sp³-hybridized carbons (Fsp3) is 0.368. The van der Waals surface area contributed by atoms with Gasteiger partial charge >= 0.3 is 5.69 Å². The van der Waals surface area contributed by atoms with Gasteiger partial charge in [0.15, 0.2) is 5.56 Å². The molecule has 0 saturated carbocycles. The highest BCUT2D eigenvalue weighted by Crippen LogP contribution is 2.29. The molecule has 1 aliphatic rings. The summed E-state index contributed by atoms with van der Waals surface area (Å²) in [4.78, 5) is 34.8. The zero-order valence-electron chi connectivity index (χ0n) is 15.3. The van der Waals surface area contributed by atoms with Gasteiger partial charge in [0.1, 0.15) is 17.7 Å². The predicted octanol–water partition coefficient (Wildman–Crippen LogP) is 1.22. The number of H-pyrrole nitrogens is 1. The summed E-state index contributed by atoms with van der Waals surface area (Å²) in [6, 6.07) is 9.86. The van der Waals surface area contributed by atoms with Gasteiger partial charge in [0.05, 0.1) is 11.0 Å². The summed E-state index contributed by atoms with van der Waals surface area (Å²) in [6.45, 7) is 1.28. The van der Waals surface area contributed by atoms with Crippen molar-refractivity contribution < 1.29 is 0 Å². The first-order chi connectivity index (χ1) is 13.0. The third-order valence-electron chi connectivity index (χ3n) is 5.26. The van der Waals surface area contributed by atoms with Crippen LogP contribution >= 0.6 is 0 Å². The molecule has 2 aromatic heterocycles. The number of nitriles is 1. The number of benzene rings is 1. The van der Waals surface area contributed by atoms with Crippen molar-refractivity contribution in [2.24, 2.45) is 14.1 Å². The van der Waals surface area contributed by atoms with Crippen LogP contribution in [0.3, 0.4) is 0 Å². The van der Waals surface area contributed by atoms with Gasteiger partial charge in [0, 0.05) is 33.1 Å². The first-order valence-electron chi connectivity index (χ1n) is 8.91. The zero-order chi connectivity index (χ0) is 19.1. The molecule has 0 radical (unpaired) electrons. The highest BCUT2D eigenvalue weighted by atomic mass is 16.2. The lowest BCUT2D eigenvalue weighted by Gasteiger charge is -2.34. The highest BCUT2D eigenvalue weighted by molar-refractivity contribution is 5.74. The van der Waals surface area contributed by atoms with Crippen molar-refractivity contribution in [3.63, 3.8) is 0 Å². The molecule has 0 amide bonds. The molecular formula is C19H20N6O2. The van der Waals surface area contributed by atoms with E-state index in [9.17, 15) is 14.9 Å². The Balaban J connectivity index is 1.75. The standard InChI is InChI=1S/C19H20N6O2/c1-23-17(13(10-20)18(26)24(2)19(23)27)25-9-5-6-12(11-25)16-21-14-7-3-4-8-15(14)22-16/h3-4,7-8,12H,5-6,9,11H2,1-2H3,(H,21,22)/t12-/m0/s1. The molecule has 1 aliphatic heterocycles. The largest absolute Gasteiger partial charge is 0.356 e. The molecule has 1 aromatic carbocycles. The van der Waals surface area contributed by atoms with Crippen molar-refractivity contribution >= 4 is 16.9 Å². The summed E-state index contributed by atoms with van der Waals surface area (Å²) in [5.74, 6) is 1.43. The summed E-state index contributed by atoms with van der Waals surface area (Å²) in [5, 5.41) is 9.52. The SMILES string of the molecule is Cn1c(N2CCC[C@H](c3nc4ccccc4[nH]3)C2)c(C#N)c(=O)n(C)c1=O. The summed E-state index contributed by atoms with van der Waals surface area (Å²) >= 11 is 0. The molecule has 0 aliphatic carbocycles. The molecule has 1 N–H and O–H groups in total. The fourth-order valence-electron chi connectivity index (χ4n) is 3.86. The van der Waals surface area contributed by atoms with Crippen LogP contribution in [0.25, 0.3) is 11.0 Å². The Kier molecular flexibility index (Phi) is 4.07. The number of hydrogen-bond donors (Lipinski definition) is 1. The highest BCUT2D eigenvalue weighted by Gasteiger charge is 2.28. The van der Waals surface area contributed by atoms with E-state index in [1.54, 1.807) is 7.05 Å². The minimum Gasteiger partial charge on any atom is -0.356 e. The monoisotopic (exact) mass is 364 g/mol. The van der Waals surface area contributed by atoms with Crippen molar-refractivity contribution in [1.29, 1.82) is 5.26 Å². The molecule has 1 fully saturated rings. The number of hydrogen-bond acceptors (Lipinski definition) is 5. The lowest BCUT2D eigenvalue weighted by Crippen LogP contribution is -2.45. The molecule has 4 rings (SSSR count). The second-order valence-electron chi connectivity index (χ2n) is 6.94. The number of anilines is 1. The van der Waals surface area contributed by atoms with Gasteiger partial charge in [-0.05, 0) is 25.0 Å². The lowest BCUT2D eigenvalue weighted by molar-refractivity contribution is 0.484. The van der Waals surface area contributed by atoms with Crippen LogP contribution in [0, 0.1) is 11.3 Å². The van der Waals surface area contributed by atoms with E-state index < -0.39 is 11.2 Å². The molecular weight excluding hydrogens is 344 g/mol. The molecule has 27 heavy (non-hydrogen) atoms. The number of imidazole rings is 1. The van der Waals surface area contributed by atoms with Gasteiger partial charge < -0.3 is 9.88 Å². The third-order valence-corrected chi connectivity index (χ3v) is 5.26. The Labute approximate surface area is 155 Å². The molecule has 1 saturated heterocycles. The van der Waals surface area contributed by atoms with Gasteiger partial charge in [0.25, 0.3) is 5.56 Å². The fourth-order valence-corrected chi connectivity index (χ4v) is 3.86.